The summed E-state index contributed by atoms with van der Waals surface area (Å²) in [4.78, 5) is 0. The molecule has 1 aromatic heterocycles. The zero-order valence-electron chi connectivity index (χ0n) is 10.7. The third-order valence-corrected chi connectivity index (χ3v) is 3.46. The molecule has 1 fully saturated rings. The van der Waals surface area contributed by atoms with Crippen LogP contribution in [0.2, 0.25) is 5.02 Å². The van der Waals surface area contributed by atoms with Gasteiger partial charge in [-0.1, -0.05) is 11.6 Å². The van der Waals surface area contributed by atoms with Crippen molar-refractivity contribution >= 4 is 11.6 Å². The molecule has 0 spiro atoms. The minimum absolute atomic E-state index is 0.372. The summed E-state index contributed by atoms with van der Waals surface area (Å²) >= 11 is 5.80. The van der Waals surface area contributed by atoms with Crippen LogP contribution in [0.3, 0.4) is 0 Å². The van der Waals surface area contributed by atoms with Crippen LogP contribution in [-0.2, 0) is 6.54 Å². The number of nitrogens with one attached hydrogen (secondary N) is 1. The Kier molecular flexibility index (Phi) is 4.26. The standard InChI is InChI=1S/C13H19ClN4/c1-13(10-15,17-12-4-5-12)6-2-3-7-18-9-11(14)8-16-18/h8-9,12,17H,2-7H2,1H3. The quantitative estimate of drug-likeness (QED) is 0.772. The van der Waals surface area contributed by atoms with Crippen molar-refractivity contribution in [2.24, 2.45) is 0 Å². The van der Waals surface area contributed by atoms with Gasteiger partial charge in [-0.2, -0.15) is 10.4 Å². The van der Waals surface area contributed by atoms with E-state index in [2.05, 4.69) is 16.5 Å². The topological polar surface area (TPSA) is 53.6 Å². The second kappa shape index (κ2) is 5.73. The number of aromatic nitrogens is 2. The first kappa shape index (κ1) is 13.4. The molecule has 1 heterocycles. The SMILES string of the molecule is CC(C#N)(CCCCn1cc(Cl)cn1)NC1CC1. The smallest absolute Gasteiger partial charge is 0.104 e. The molecule has 1 aliphatic carbocycles. The van der Waals surface area contributed by atoms with Crippen LogP contribution >= 0.6 is 11.6 Å². The lowest BCUT2D eigenvalue weighted by Crippen LogP contribution is -2.42. The van der Waals surface area contributed by atoms with E-state index in [0.717, 1.165) is 25.8 Å². The molecule has 1 atom stereocenters. The molecule has 0 aliphatic heterocycles. The summed E-state index contributed by atoms with van der Waals surface area (Å²) in [7, 11) is 0. The predicted molar refractivity (Wildman–Crippen MR) is 71.3 cm³/mol. The van der Waals surface area contributed by atoms with Crippen LogP contribution in [-0.4, -0.2) is 21.4 Å². The zero-order chi connectivity index (χ0) is 13.0. The number of unbranched alkanes of at least 4 members (excludes halogenated alkanes) is 1. The molecular formula is C13H19ClN4. The number of aryl methyl sites for hydroxylation is 1. The Morgan fingerprint density at radius 1 is 1.61 bits per heavy atom. The number of nitrogens with zero attached hydrogens (tertiary/aromatic N) is 3. The van der Waals surface area contributed by atoms with Crippen molar-refractivity contribution in [3.8, 4) is 6.07 Å². The molecule has 0 bridgehead atoms. The lowest BCUT2D eigenvalue weighted by molar-refractivity contribution is 0.389. The Morgan fingerprint density at radius 3 is 2.94 bits per heavy atom. The van der Waals surface area contributed by atoms with Gasteiger partial charge in [-0.3, -0.25) is 10.00 Å². The molecule has 1 aliphatic rings. The Morgan fingerprint density at radius 2 is 2.39 bits per heavy atom. The molecule has 1 aromatic rings. The van der Waals surface area contributed by atoms with Crippen LogP contribution in [0.15, 0.2) is 12.4 Å². The second-order valence-corrected chi connectivity index (χ2v) is 5.68. The molecule has 18 heavy (non-hydrogen) atoms. The molecule has 98 valence electrons. The summed E-state index contributed by atoms with van der Waals surface area (Å²) in [6.45, 7) is 2.85. The van der Waals surface area contributed by atoms with E-state index >= 15 is 0 Å². The van der Waals surface area contributed by atoms with Crippen LogP contribution in [0, 0.1) is 11.3 Å². The number of hydrogen-bond acceptors (Lipinski definition) is 3. The second-order valence-electron chi connectivity index (χ2n) is 5.24. The van der Waals surface area contributed by atoms with E-state index in [0.29, 0.717) is 11.1 Å². The summed E-state index contributed by atoms with van der Waals surface area (Å²) in [6.07, 6.45) is 8.81. The van der Waals surface area contributed by atoms with Gasteiger partial charge < -0.3 is 0 Å². The van der Waals surface area contributed by atoms with Crippen molar-refractivity contribution in [1.29, 1.82) is 5.26 Å². The van der Waals surface area contributed by atoms with E-state index in [9.17, 15) is 5.26 Å². The maximum atomic E-state index is 9.23. The highest BCUT2D eigenvalue weighted by Crippen LogP contribution is 2.24. The predicted octanol–water partition coefficient (Wildman–Crippen LogP) is 2.74. The van der Waals surface area contributed by atoms with E-state index in [1.807, 2.05) is 17.8 Å². The van der Waals surface area contributed by atoms with E-state index in [1.54, 1.807) is 6.20 Å². The minimum atomic E-state index is -0.372. The Balaban J connectivity index is 1.68. The molecule has 0 radical (unpaired) electrons. The summed E-state index contributed by atoms with van der Waals surface area (Å²) in [5.74, 6) is 0. The Bertz CT molecular complexity index is 432. The number of hydrogen-bond donors (Lipinski definition) is 1. The van der Waals surface area contributed by atoms with E-state index in [4.69, 9.17) is 11.6 Å². The first-order chi connectivity index (χ1) is 8.61. The average Bonchev–Trinajstić information content (AvgIpc) is 3.06. The third-order valence-electron chi connectivity index (χ3n) is 3.26. The van der Waals surface area contributed by atoms with E-state index in [-0.39, 0.29) is 5.54 Å². The molecule has 0 saturated heterocycles. The summed E-state index contributed by atoms with van der Waals surface area (Å²) in [6, 6.07) is 2.97. The van der Waals surface area contributed by atoms with Gasteiger partial charge in [0.25, 0.3) is 0 Å². The van der Waals surface area contributed by atoms with Crippen molar-refractivity contribution in [1.82, 2.24) is 15.1 Å². The number of halogens is 1. The number of nitriles is 1. The monoisotopic (exact) mass is 266 g/mol. The molecule has 0 amide bonds. The highest BCUT2D eigenvalue weighted by Gasteiger charge is 2.31. The highest BCUT2D eigenvalue weighted by atomic mass is 35.5. The van der Waals surface area contributed by atoms with Gasteiger partial charge in [0.1, 0.15) is 5.54 Å². The van der Waals surface area contributed by atoms with Gasteiger partial charge in [0.2, 0.25) is 0 Å². The van der Waals surface area contributed by atoms with Crippen LogP contribution in [0.5, 0.6) is 0 Å². The highest BCUT2D eigenvalue weighted by molar-refractivity contribution is 6.30. The Labute approximate surface area is 113 Å². The lowest BCUT2D eigenvalue weighted by Gasteiger charge is -2.23. The largest absolute Gasteiger partial charge is 0.297 e. The van der Waals surface area contributed by atoms with Crippen molar-refractivity contribution < 1.29 is 0 Å². The van der Waals surface area contributed by atoms with Crippen molar-refractivity contribution in [3.63, 3.8) is 0 Å². The summed E-state index contributed by atoms with van der Waals surface area (Å²) in [5, 5.41) is 17.5. The molecule has 4 nitrogen and oxygen atoms in total. The van der Waals surface area contributed by atoms with Gasteiger partial charge >= 0.3 is 0 Å². The first-order valence-electron chi connectivity index (χ1n) is 6.48. The normalized spacial score (nSPS) is 18.3. The molecule has 2 rings (SSSR count). The van der Waals surface area contributed by atoms with Gasteiger partial charge in [0.15, 0.2) is 0 Å². The Hall–Kier alpha value is -1.05. The maximum absolute atomic E-state index is 9.23. The van der Waals surface area contributed by atoms with Gasteiger partial charge in [-0.05, 0) is 39.0 Å². The fraction of sp³-hybridized carbons (Fsp3) is 0.692. The third kappa shape index (κ3) is 4.01. The molecular weight excluding hydrogens is 248 g/mol. The van der Waals surface area contributed by atoms with E-state index in [1.165, 1.54) is 12.8 Å². The van der Waals surface area contributed by atoms with Crippen LogP contribution in [0.1, 0.15) is 39.0 Å². The van der Waals surface area contributed by atoms with Crippen LogP contribution in [0.4, 0.5) is 0 Å². The zero-order valence-corrected chi connectivity index (χ0v) is 11.5. The van der Waals surface area contributed by atoms with Crippen molar-refractivity contribution in [2.45, 2.75) is 57.2 Å². The fourth-order valence-electron chi connectivity index (χ4n) is 2.05. The van der Waals surface area contributed by atoms with Crippen LogP contribution < -0.4 is 5.32 Å². The fourth-order valence-corrected chi connectivity index (χ4v) is 2.21. The molecule has 1 N–H and O–H groups in total. The van der Waals surface area contributed by atoms with Crippen molar-refractivity contribution in [2.75, 3.05) is 0 Å². The van der Waals surface area contributed by atoms with E-state index < -0.39 is 0 Å². The summed E-state index contributed by atoms with van der Waals surface area (Å²) in [5.41, 5.74) is -0.372. The number of rotatable bonds is 7. The molecule has 1 unspecified atom stereocenters. The van der Waals surface area contributed by atoms with Gasteiger partial charge in [-0.15, -0.1) is 0 Å². The van der Waals surface area contributed by atoms with Crippen molar-refractivity contribution in [3.05, 3.63) is 17.4 Å². The first-order valence-corrected chi connectivity index (χ1v) is 6.86. The summed E-state index contributed by atoms with van der Waals surface area (Å²) < 4.78 is 1.85. The molecule has 0 aromatic carbocycles. The molecule has 5 heteroatoms. The molecule has 1 saturated carbocycles. The van der Waals surface area contributed by atoms with Gasteiger partial charge in [0.05, 0.1) is 17.3 Å². The van der Waals surface area contributed by atoms with Crippen LogP contribution in [0.25, 0.3) is 0 Å². The van der Waals surface area contributed by atoms with Gasteiger partial charge in [-0.25, -0.2) is 0 Å². The minimum Gasteiger partial charge on any atom is -0.297 e. The van der Waals surface area contributed by atoms with Gasteiger partial charge in [0, 0.05) is 18.8 Å². The lowest BCUT2D eigenvalue weighted by atomic mass is 9.96. The average molecular weight is 267 g/mol. The maximum Gasteiger partial charge on any atom is 0.104 e.